The molecule has 1 aliphatic heterocycles. The maximum Gasteiger partial charge on any atom is 0.326 e. The van der Waals surface area contributed by atoms with Crippen molar-refractivity contribution in [2.45, 2.75) is 77.2 Å². The maximum absolute atomic E-state index is 13.4. The summed E-state index contributed by atoms with van der Waals surface area (Å²) >= 11 is 0. The molecular formula is C26H41F2N5O3. The predicted molar refractivity (Wildman–Crippen MR) is 136 cm³/mol. The summed E-state index contributed by atoms with van der Waals surface area (Å²) in [6, 6.07) is 2.81. The molecule has 3 rings (SSSR count). The van der Waals surface area contributed by atoms with Gasteiger partial charge in [0.05, 0.1) is 0 Å². The Kier molecular flexibility index (Phi) is 10.3. The number of aromatic nitrogens is 1. The molecule has 1 aromatic heterocycles. The number of amides is 2. The van der Waals surface area contributed by atoms with Gasteiger partial charge in [0.15, 0.2) is 0 Å². The molecule has 1 aromatic rings. The van der Waals surface area contributed by atoms with Crippen molar-refractivity contribution in [3.8, 4) is 0 Å². The molecular weight excluding hydrogens is 468 g/mol. The summed E-state index contributed by atoms with van der Waals surface area (Å²) in [6.45, 7) is 7.26. The van der Waals surface area contributed by atoms with E-state index in [2.05, 4.69) is 27.7 Å². The van der Waals surface area contributed by atoms with Crippen molar-refractivity contribution in [1.82, 2.24) is 20.1 Å². The van der Waals surface area contributed by atoms with Gasteiger partial charge in [-0.15, -0.1) is 0 Å². The lowest BCUT2D eigenvalue weighted by atomic mass is 9.81. The molecule has 1 atom stereocenters. The van der Waals surface area contributed by atoms with Gasteiger partial charge in [0, 0.05) is 51.3 Å². The van der Waals surface area contributed by atoms with E-state index in [1.54, 1.807) is 0 Å². The molecule has 8 nitrogen and oxygen atoms in total. The minimum absolute atomic E-state index is 0.0815. The van der Waals surface area contributed by atoms with E-state index in [1.165, 1.54) is 10.5 Å². The van der Waals surface area contributed by atoms with Crippen LogP contribution in [0.3, 0.4) is 0 Å². The van der Waals surface area contributed by atoms with Crippen molar-refractivity contribution in [2.24, 2.45) is 5.92 Å². The topological polar surface area (TPSA) is 97.8 Å². The molecule has 1 fully saturated rings. The van der Waals surface area contributed by atoms with Crippen LogP contribution in [-0.4, -0.2) is 83.1 Å². The average Bonchev–Trinajstić information content (AvgIpc) is 2.83. The van der Waals surface area contributed by atoms with E-state index in [0.717, 1.165) is 50.2 Å². The van der Waals surface area contributed by atoms with E-state index in [-0.39, 0.29) is 25.2 Å². The molecule has 0 saturated heterocycles. The Balaban J connectivity index is 1.50. The lowest BCUT2D eigenvalue weighted by Crippen LogP contribution is -2.49. The van der Waals surface area contributed by atoms with Crippen LogP contribution < -0.4 is 10.6 Å². The van der Waals surface area contributed by atoms with E-state index in [1.807, 2.05) is 13.8 Å². The minimum Gasteiger partial charge on any atom is -0.480 e. The van der Waals surface area contributed by atoms with Crippen molar-refractivity contribution in [1.29, 1.82) is 0 Å². The largest absolute Gasteiger partial charge is 0.480 e. The fourth-order valence-corrected chi connectivity index (χ4v) is 5.04. The van der Waals surface area contributed by atoms with Crippen LogP contribution in [0.1, 0.15) is 63.6 Å². The highest BCUT2D eigenvalue weighted by Gasteiger charge is 2.45. The number of anilines is 1. The van der Waals surface area contributed by atoms with E-state index < -0.39 is 24.0 Å². The minimum atomic E-state index is -2.58. The molecule has 3 N–H and O–H groups in total. The Hall–Kier alpha value is -2.49. The van der Waals surface area contributed by atoms with Crippen LogP contribution in [0.25, 0.3) is 0 Å². The Morgan fingerprint density at radius 3 is 2.64 bits per heavy atom. The Bertz CT molecular complexity index is 873. The number of aryl methyl sites for hydroxylation is 2. The molecule has 2 heterocycles. The van der Waals surface area contributed by atoms with Crippen LogP contribution in [0.15, 0.2) is 12.1 Å². The summed E-state index contributed by atoms with van der Waals surface area (Å²) in [5, 5.41) is 15.6. The van der Waals surface area contributed by atoms with Gasteiger partial charge in [-0.25, -0.2) is 23.4 Å². The van der Waals surface area contributed by atoms with Gasteiger partial charge in [0.25, 0.3) is 0 Å². The zero-order valence-electron chi connectivity index (χ0n) is 21.6. The van der Waals surface area contributed by atoms with Crippen molar-refractivity contribution in [2.75, 3.05) is 44.6 Å². The summed E-state index contributed by atoms with van der Waals surface area (Å²) in [7, 11) is 0. The third-order valence-corrected chi connectivity index (χ3v) is 7.18. The second-order valence-electron chi connectivity index (χ2n) is 10.0. The van der Waals surface area contributed by atoms with Gasteiger partial charge in [-0.3, -0.25) is 0 Å². The number of hydrogen-bond donors (Lipinski definition) is 3. The van der Waals surface area contributed by atoms with Crippen molar-refractivity contribution >= 4 is 17.8 Å². The molecule has 0 aromatic carbocycles. The fraction of sp³-hybridized carbons (Fsp3) is 0.731. The summed E-state index contributed by atoms with van der Waals surface area (Å²) in [4.78, 5) is 32.5. The number of hydrogen-bond acceptors (Lipinski definition) is 5. The lowest BCUT2D eigenvalue weighted by molar-refractivity contribution is -0.139. The molecule has 10 heteroatoms. The zero-order valence-corrected chi connectivity index (χ0v) is 21.6. The first kappa shape index (κ1) is 28.1. The molecule has 0 spiro atoms. The van der Waals surface area contributed by atoms with Gasteiger partial charge in [0.1, 0.15) is 11.9 Å². The molecule has 0 radical (unpaired) electrons. The molecule has 0 bridgehead atoms. The quantitative estimate of drug-likeness (QED) is 0.328. The molecule has 2 aliphatic rings. The van der Waals surface area contributed by atoms with Gasteiger partial charge in [-0.05, 0) is 76.5 Å². The summed E-state index contributed by atoms with van der Waals surface area (Å²) in [5.41, 5.74) is 2.30. The van der Waals surface area contributed by atoms with Crippen LogP contribution in [0.2, 0.25) is 0 Å². The number of carboxylic acids is 1. The molecule has 2 amide bonds. The molecule has 1 saturated carbocycles. The van der Waals surface area contributed by atoms with Crippen LogP contribution in [-0.2, 0) is 17.6 Å². The Morgan fingerprint density at radius 1 is 1.22 bits per heavy atom. The monoisotopic (exact) mass is 509 g/mol. The summed E-state index contributed by atoms with van der Waals surface area (Å²) < 4.78 is 26.8. The second-order valence-corrected chi connectivity index (χ2v) is 10.0. The van der Waals surface area contributed by atoms with Gasteiger partial charge < -0.3 is 25.5 Å². The number of halogens is 2. The van der Waals surface area contributed by atoms with Gasteiger partial charge in [-0.2, -0.15) is 0 Å². The fourth-order valence-electron chi connectivity index (χ4n) is 5.04. The predicted octanol–water partition coefficient (Wildman–Crippen LogP) is 4.00. The van der Waals surface area contributed by atoms with Crippen LogP contribution in [0.5, 0.6) is 0 Å². The number of nitrogens with one attached hydrogen (secondary N) is 2. The maximum atomic E-state index is 13.4. The third-order valence-electron chi connectivity index (χ3n) is 7.18. The highest BCUT2D eigenvalue weighted by molar-refractivity contribution is 5.82. The standard InChI is InChI=1S/C26H41F2N5O3/c1-3-33(4-2)25(36)31-22(24(34)35)12-15-32(18-19-16-26(27,28)17-19)14-6-5-9-21-11-10-20-8-7-13-29-23(20)30-21/h10-11,19,22H,3-9,12-18H2,1-2H3,(H,29,30)(H,31,36)(H,34,35). The molecule has 1 aliphatic carbocycles. The third kappa shape index (κ3) is 8.28. The summed E-state index contributed by atoms with van der Waals surface area (Å²) in [6.07, 6.45) is 4.78. The van der Waals surface area contributed by atoms with Crippen molar-refractivity contribution in [3.05, 3.63) is 23.4 Å². The number of urea groups is 1. The number of unbranched alkanes of at least 4 members (excludes halogenated alkanes) is 1. The van der Waals surface area contributed by atoms with Crippen LogP contribution in [0.4, 0.5) is 19.4 Å². The van der Waals surface area contributed by atoms with E-state index in [0.29, 0.717) is 32.7 Å². The number of carbonyl (C=O) groups is 2. The van der Waals surface area contributed by atoms with E-state index in [9.17, 15) is 23.5 Å². The molecule has 36 heavy (non-hydrogen) atoms. The highest BCUT2D eigenvalue weighted by Crippen LogP contribution is 2.42. The van der Waals surface area contributed by atoms with E-state index >= 15 is 0 Å². The van der Waals surface area contributed by atoms with Gasteiger partial charge in [-0.1, -0.05) is 6.07 Å². The first-order valence-corrected chi connectivity index (χ1v) is 13.3. The lowest BCUT2D eigenvalue weighted by Gasteiger charge is -2.38. The average molecular weight is 510 g/mol. The number of carboxylic acid groups (broad SMARTS) is 1. The first-order chi connectivity index (χ1) is 17.2. The van der Waals surface area contributed by atoms with Crippen LogP contribution in [0, 0.1) is 5.92 Å². The Morgan fingerprint density at radius 2 is 1.97 bits per heavy atom. The SMILES string of the molecule is CCN(CC)C(=O)NC(CCN(CCCCc1ccc2c(n1)NCCC2)CC1CC(F)(F)C1)C(=O)O. The van der Waals surface area contributed by atoms with Crippen LogP contribution >= 0.6 is 0 Å². The number of alkyl halides is 2. The number of carbonyl (C=O) groups excluding carboxylic acids is 1. The van der Waals surface area contributed by atoms with E-state index in [4.69, 9.17) is 4.98 Å². The number of aliphatic carboxylic acids is 1. The number of pyridine rings is 1. The van der Waals surface area contributed by atoms with Gasteiger partial charge >= 0.3 is 12.0 Å². The smallest absolute Gasteiger partial charge is 0.326 e. The van der Waals surface area contributed by atoms with Crippen molar-refractivity contribution < 1.29 is 23.5 Å². The first-order valence-electron chi connectivity index (χ1n) is 13.3. The molecule has 202 valence electrons. The second kappa shape index (κ2) is 13.2. The van der Waals surface area contributed by atoms with Crippen molar-refractivity contribution in [3.63, 3.8) is 0 Å². The number of nitrogens with zero attached hydrogens (tertiary/aromatic N) is 3. The molecule has 1 unspecified atom stereocenters. The summed E-state index contributed by atoms with van der Waals surface area (Å²) in [5.74, 6) is -2.76. The zero-order chi connectivity index (χ0) is 26.1. The highest BCUT2D eigenvalue weighted by atomic mass is 19.3. The normalized spacial score (nSPS) is 17.6. The Labute approximate surface area is 212 Å². The van der Waals surface area contributed by atoms with Gasteiger partial charge in [0.2, 0.25) is 5.92 Å². The number of rotatable bonds is 14. The number of fused-ring (bicyclic) bond motifs is 1.